The fraction of sp³-hybridized carbons (Fsp3) is 0.824. The average molecular weight is 407 g/mol. The first-order valence-corrected chi connectivity index (χ1v) is 10.8. The van der Waals surface area contributed by atoms with Crippen molar-refractivity contribution in [3.8, 4) is 0 Å². The lowest BCUT2D eigenvalue weighted by molar-refractivity contribution is -0.167. The third kappa shape index (κ3) is 8.59. The zero-order valence-electron chi connectivity index (χ0n) is 16.3. The molecule has 9 nitrogen and oxygen atoms in total. The highest BCUT2D eigenvalue weighted by Gasteiger charge is 2.40. The van der Waals surface area contributed by atoms with Crippen molar-refractivity contribution in [2.45, 2.75) is 77.0 Å². The van der Waals surface area contributed by atoms with Crippen LogP contribution in [0.1, 0.15) is 59.8 Å². The first-order valence-electron chi connectivity index (χ1n) is 8.90. The minimum Gasteiger partial charge on any atom is -0.480 e. The fourth-order valence-corrected chi connectivity index (χ4v) is 4.27. The molecule has 1 aliphatic rings. The zero-order valence-corrected chi connectivity index (χ0v) is 17.1. The number of ether oxygens (including phenoxy) is 2. The average Bonchev–Trinajstić information content (AvgIpc) is 2.43. The van der Waals surface area contributed by atoms with Crippen LogP contribution < -0.4 is 5.32 Å². The van der Waals surface area contributed by atoms with Crippen molar-refractivity contribution in [2.24, 2.45) is 0 Å². The Kier molecular flexibility index (Phi) is 7.65. The number of hydrogen-bond acceptors (Lipinski definition) is 7. The smallest absolute Gasteiger partial charge is 0.408 e. The number of carboxylic acids is 1. The first kappa shape index (κ1) is 23.2. The minimum absolute atomic E-state index is 0.0130. The van der Waals surface area contributed by atoms with Crippen LogP contribution in [0.25, 0.3) is 0 Å². The van der Waals surface area contributed by atoms with Crippen LogP contribution in [0.3, 0.4) is 0 Å². The molecule has 2 unspecified atom stereocenters. The number of carbonyl (C=O) groups excluding carboxylic acids is 2. The van der Waals surface area contributed by atoms with E-state index in [0.717, 1.165) is 6.42 Å². The van der Waals surface area contributed by atoms with Crippen molar-refractivity contribution in [1.29, 1.82) is 4.78 Å². The maximum absolute atomic E-state index is 12.5. The summed E-state index contributed by atoms with van der Waals surface area (Å²) in [4.78, 5) is 34.3. The van der Waals surface area contributed by atoms with Gasteiger partial charge >= 0.3 is 18.0 Å². The highest BCUT2D eigenvalue weighted by molar-refractivity contribution is 7.92. The van der Waals surface area contributed by atoms with E-state index in [0.29, 0.717) is 19.3 Å². The van der Waals surface area contributed by atoms with Crippen molar-refractivity contribution < 1.29 is 33.2 Å². The number of nitrogens with one attached hydrogen (secondary N) is 2. The molecule has 1 fully saturated rings. The molecule has 0 aliphatic heterocycles. The molecule has 27 heavy (non-hydrogen) atoms. The molecule has 0 spiro atoms. The van der Waals surface area contributed by atoms with Gasteiger partial charge in [-0.05, 0) is 52.9 Å². The van der Waals surface area contributed by atoms with Crippen molar-refractivity contribution in [3.05, 3.63) is 0 Å². The summed E-state index contributed by atoms with van der Waals surface area (Å²) in [7, 11) is -3.07. The molecule has 1 rings (SSSR count). The molecule has 0 saturated heterocycles. The summed E-state index contributed by atoms with van der Waals surface area (Å²) in [5, 5.41) is 11.5. The van der Waals surface area contributed by atoms with Gasteiger partial charge in [0.25, 0.3) is 0 Å². The topological polar surface area (TPSA) is 143 Å². The molecular weight excluding hydrogens is 376 g/mol. The van der Waals surface area contributed by atoms with Gasteiger partial charge in [-0.15, -0.1) is 0 Å². The minimum atomic E-state index is -3.07. The fourth-order valence-electron chi connectivity index (χ4n) is 2.75. The summed E-state index contributed by atoms with van der Waals surface area (Å²) in [5.41, 5.74) is -1.42. The maximum atomic E-state index is 12.5. The van der Waals surface area contributed by atoms with E-state index >= 15 is 0 Å². The molecular formula is C17H30N2O7S. The summed E-state index contributed by atoms with van der Waals surface area (Å²) in [6.45, 7) is 6.27. The molecule has 0 bridgehead atoms. The second-order valence-corrected chi connectivity index (χ2v) is 10.4. The van der Waals surface area contributed by atoms with Crippen LogP contribution in [-0.2, 0) is 28.8 Å². The molecule has 0 aromatic rings. The van der Waals surface area contributed by atoms with Crippen LogP contribution in [0, 0.1) is 4.78 Å². The van der Waals surface area contributed by atoms with E-state index in [2.05, 4.69) is 5.32 Å². The number of hydrogen-bond donors (Lipinski definition) is 3. The Morgan fingerprint density at radius 2 is 1.85 bits per heavy atom. The van der Waals surface area contributed by atoms with Gasteiger partial charge in [0.1, 0.15) is 17.2 Å². The predicted octanol–water partition coefficient (Wildman–Crippen LogP) is 2.28. The second kappa shape index (κ2) is 8.90. The number of rotatable bonds is 9. The Labute approximate surface area is 160 Å². The molecule has 1 saturated carbocycles. The Hall–Kier alpha value is -1.84. The van der Waals surface area contributed by atoms with Gasteiger partial charge in [-0.25, -0.2) is 13.8 Å². The van der Waals surface area contributed by atoms with Crippen molar-refractivity contribution in [3.63, 3.8) is 0 Å². The summed E-state index contributed by atoms with van der Waals surface area (Å²) in [5.74, 6) is -1.86. The molecule has 1 amide bonds. The summed E-state index contributed by atoms with van der Waals surface area (Å²) >= 11 is 0. The first-order chi connectivity index (χ1) is 12.2. The number of esters is 1. The van der Waals surface area contributed by atoms with E-state index in [9.17, 15) is 23.7 Å². The maximum Gasteiger partial charge on any atom is 0.408 e. The molecule has 156 valence electrons. The number of alkyl carbamates (subject to hydrolysis) is 1. The van der Waals surface area contributed by atoms with E-state index in [1.165, 1.54) is 6.92 Å². The molecule has 1 aliphatic carbocycles. The molecule has 0 radical (unpaired) electrons. The Bertz CT molecular complexity index is 663. The van der Waals surface area contributed by atoms with Crippen LogP contribution in [0.4, 0.5) is 4.79 Å². The third-order valence-corrected chi connectivity index (χ3v) is 6.00. The lowest BCUT2D eigenvalue weighted by atomic mass is 9.78. The van der Waals surface area contributed by atoms with Gasteiger partial charge in [-0.2, -0.15) is 0 Å². The third-order valence-electron chi connectivity index (χ3n) is 4.24. The van der Waals surface area contributed by atoms with Gasteiger partial charge in [-0.1, -0.05) is 0 Å². The van der Waals surface area contributed by atoms with Gasteiger partial charge < -0.3 is 19.9 Å². The van der Waals surface area contributed by atoms with Crippen LogP contribution in [-0.4, -0.2) is 56.1 Å². The number of carbonyl (C=O) groups is 3. The van der Waals surface area contributed by atoms with Crippen molar-refractivity contribution in [1.82, 2.24) is 5.32 Å². The van der Waals surface area contributed by atoms with Crippen LogP contribution in [0.15, 0.2) is 0 Å². The monoisotopic (exact) mass is 406 g/mol. The second-order valence-electron chi connectivity index (χ2n) is 7.93. The standard InChI is InChI=1S/C17H30N2O7S/c1-12(20)25-17(7-5-8-17)9-11-27(18,24)10-6-13(14(21)22)19-15(23)26-16(2,3)4/h13,18H,5-11H2,1-4H3,(H,19,23)(H,21,22). The van der Waals surface area contributed by atoms with E-state index in [-0.39, 0.29) is 17.9 Å². The SMILES string of the molecule is CC(=O)OC1(CCS(=N)(=O)CCC(NC(=O)OC(C)(C)C)C(=O)O)CCC1. The van der Waals surface area contributed by atoms with Crippen LogP contribution in [0.2, 0.25) is 0 Å². The Morgan fingerprint density at radius 1 is 1.26 bits per heavy atom. The lowest BCUT2D eigenvalue weighted by Crippen LogP contribution is -2.45. The zero-order chi connectivity index (χ0) is 20.9. The molecule has 0 aromatic heterocycles. The quantitative estimate of drug-likeness (QED) is 0.498. The van der Waals surface area contributed by atoms with E-state index in [1.54, 1.807) is 20.8 Å². The summed E-state index contributed by atoms with van der Waals surface area (Å²) in [6, 6.07) is -1.29. The summed E-state index contributed by atoms with van der Waals surface area (Å²) < 4.78 is 30.8. The van der Waals surface area contributed by atoms with Gasteiger partial charge in [0, 0.05) is 28.2 Å². The normalized spacial score (nSPS) is 19.1. The van der Waals surface area contributed by atoms with Crippen LogP contribution >= 0.6 is 0 Å². The van der Waals surface area contributed by atoms with Crippen molar-refractivity contribution >= 4 is 27.8 Å². The van der Waals surface area contributed by atoms with Gasteiger partial charge in [0.2, 0.25) is 0 Å². The van der Waals surface area contributed by atoms with Gasteiger partial charge in [-0.3, -0.25) is 9.57 Å². The molecule has 2 atom stereocenters. The Morgan fingerprint density at radius 3 is 2.26 bits per heavy atom. The van der Waals surface area contributed by atoms with Crippen LogP contribution in [0.5, 0.6) is 0 Å². The van der Waals surface area contributed by atoms with E-state index < -0.39 is 45.0 Å². The molecule has 0 aromatic carbocycles. The van der Waals surface area contributed by atoms with Gasteiger partial charge in [0.05, 0.1) is 0 Å². The number of amides is 1. The molecule has 0 heterocycles. The van der Waals surface area contributed by atoms with E-state index in [1.807, 2.05) is 0 Å². The lowest BCUT2D eigenvalue weighted by Gasteiger charge is -2.41. The van der Waals surface area contributed by atoms with E-state index in [4.69, 9.17) is 14.3 Å². The molecule has 10 heteroatoms. The number of aliphatic carboxylic acids is 1. The largest absolute Gasteiger partial charge is 0.480 e. The Balaban J connectivity index is 2.57. The highest BCUT2D eigenvalue weighted by Crippen LogP contribution is 2.39. The highest BCUT2D eigenvalue weighted by atomic mass is 32.2. The predicted molar refractivity (Wildman–Crippen MR) is 99.0 cm³/mol. The molecule has 3 N–H and O–H groups in total. The van der Waals surface area contributed by atoms with Crippen molar-refractivity contribution in [2.75, 3.05) is 11.5 Å². The van der Waals surface area contributed by atoms with Gasteiger partial charge in [0.15, 0.2) is 0 Å². The number of carboxylic acid groups (broad SMARTS) is 1. The summed E-state index contributed by atoms with van der Waals surface area (Å²) in [6.07, 6.45) is 1.55.